The average Bonchev–Trinajstić information content (AvgIpc) is 1.61. The van der Waals surface area contributed by atoms with E-state index in [9.17, 15) is 0 Å². The molecule has 2 nitrogen and oxygen atoms in total. The topological polar surface area (TPSA) is 38.0 Å². The zero-order valence-corrected chi connectivity index (χ0v) is 3.57. The summed E-state index contributed by atoms with van der Waals surface area (Å²) in [4.78, 5) is 0. The highest BCUT2D eigenvalue weighted by Crippen LogP contribution is 1.62. The molecule has 0 heterocycles. The van der Waals surface area contributed by atoms with E-state index >= 15 is 0 Å². The van der Waals surface area contributed by atoms with E-state index in [1.807, 2.05) is 0 Å². The SMILES string of the molecule is C#CCCNN. The lowest BCUT2D eigenvalue weighted by Crippen LogP contribution is -2.22. The molecule has 0 aliphatic carbocycles. The van der Waals surface area contributed by atoms with Crippen molar-refractivity contribution in [3.8, 4) is 12.3 Å². The van der Waals surface area contributed by atoms with Gasteiger partial charge < -0.3 is 0 Å². The van der Waals surface area contributed by atoms with Crippen LogP contribution in [0.15, 0.2) is 0 Å². The van der Waals surface area contributed by atoms with Gasteiger partial charge in [-0.3, -0.25) is 11.3 Å². The van der Waals surface area contributed by atoms with Crippen LogP contribution in [0, 0.1) is 12.3 Å². The molecule has 0 bridgehead atoms. The number of nitrogens with two attached hydrogens (primary N) is 1. The van der Waals surface area contributed by atoms with E-state index in [-0.39, 0.29) is 0 Å². The maximum absolute atomic E-state index is 4.87. The highest BCUT2D eigenvalue weighted by atomic mass is 15.2. The summed E-state index contributed by atoms with van der Waals surface area (Å²) in [5, 5.41) is 0. The summed E-state index contributed by atoms with van der Waals surface area (Å²) in [6.45, 7) is 0.705. The lowest BCUT2D eigenvalue weighted by Gasteiger charge is -1.85. The summed E-state index contributed by atoms with van der Waals surface area (Å²) in [5.74, 6) is 7.30. The summed E-state index contributed by atoms with van der Waals surface area (Å²) >= 11 is 0. The summed E-state index contributed by atoms with van der Waals surface area (Å²) in [7, 11) is 0. The molecule has 6 heavy (non-hydrogen) atoms. The van der Waals surface area contributed by atoms with Crippen LogP contribution in [0.25, 0.3) is 0 Å². The third kappa shape index (κ3) is 3.48. The Bertz CT molecular complexity index is 53.1. The van der Waals surface area contributed by atoms with Crippen LogP contribution in [-0.4, -0.2) is 6.54 Å². The minimum atomic E-state index is 0.705. The van der Waals surface area contributed by atoms with Gasteiger partial charge in [0.25, 0.3) is 0 Å². The first-order valence-electron chi connectivity index (χ1n) is 1.78. The molecule has 0 radical (unpaired) electrons. The fourth-order valence-corrected chi connectivity index (χ4v) is 0.144. The zero-order valence-electron chi connectivity index (χ0n) is 3.57. The van der Waals surface area contributed by atoms with Crippen molar-refractivity contribution < 1.29 is 0 Å². The van der Waals surface area contributed by atoms with Crippen molar-refractivity contribution in [1.29, 1.82) is 0 Å². The van der Waals surface area contributed by atoms with Crippen molar-refractivity contribution >= 4 is 0 Å². The Kier molecular flexibility index (Phi) is 4.09. The molecule has 0 amide bonds. The highest BCUT2D eigenvalue weighted by molar-refractivity contribution is 4.83. The van der Waals surface area contributed by atoms with Gasteiger partial charge in [-0.15, -0.1) is 12.3 Å². The van der Waals surface area contributed by atoms with Crippen LogP contribution >= 0.6 is 0 Å². The van der Waals surface area contributed by atoms with E-state index in [2.05, 4.69) is 11.3 Å². The van der Waals surface area contributed by atoms with Gasteiger partial charge in [0.05, 0.1) is 0 Å². The number of hydrazine groups is 1. The summed E-state index contributed by atoms with van der Waals surface area (Å²) < 4.78 is 0. The van der Waals surface area contributed by atoms with Crippen molar-refractivity contribution in [3.63, 3.8) is 0 Å². The van der Waals surface area contributed by atoms with E-state index in [1.54, 1.807) is 0 Å². The molecular formula is C4H8N2. The smallest absolute Gasteiger partial charge is 0.0225 e. The van der Waals surface area contributed by atoms with E-state index < -0.39 is 0 Å². The van der Waals surface area contributed by atoms with Crippen LogP contribution in [0.1, 0.15) is 6.42 Å². The molecule has 0 aromatic carbocycles. The minimum absolute atomic E-state index is 0.705. The molecule has 3 N–H and O–H groups in total. The quantitative estimate of drug-likeness (QED) is 0.204. The van der Waals surface area contributed by atoms with Crippen molar-refractivity contribution in [3.05, 3.63) is 0 Å². The molecule has 0 aliphatic heterocycles. The van der Waals surface area contributed by atoms with Gasteiger partial charge >= 0.3 is 0 Å². The lowest BCUT2D eigenvalue weighted by atomic mass is 10.5. The van der Waals surface area contributed by atoms with Gasteiger partial charge in [0.15, 0.2) is 0 Å². The third-order valence-electron chi connectivity index (χ3n) is 0.414. The number of nitrogens with one attached hydrogen (secondary N) is 1. The van der Waals surface area contributed by atoms with Crippen LogP contribution in [-0.2, 0) is 0 Å². The highest BCUT2D eigenvalue weighted by Gasteiger charge is 1.69. The molecule has 0 saturated heterocycles. The zero-order chi connectivity index (χ0) is 4.83. The van der Waals surface area contributed by atoms with Crippen molar-refractivity contribution in [1.82, 2.24) is 5.43 Å². The molecule has 0 fully saturated rings. The molecule has 0 aromatic rings. The summed E-state index contributed by atoms with van der Waals surface area (Å²) in [6.07, 6.45) is 5.57. The van der Waals surface area contributed by atoms with Crippen LogP contribution in [0.3, 0.4) is 0 Å². The number of hydrogen-bond donors (Lipinski definition) is 2. The first kappa shape index (κ1) is 5.48. The van der Waals surface area contributed by atoms with E-state index in [4.69, 9.17) is 12.3 Å². The van der Waals surface area contributed by atoms with Crippen LogP contribution < -0.4 is 11.3 Å². The Labute approximate surface area is 37.7 Å². The average molecular weight is 84.1 g/mol. The van der Waals surface area contributed by atoms with Gasteiger partial charge in [0.2, 0.25) is 0 Å². The maximum Gasteiger partial charge on any atom is 0.0225 e. The number of rotatable bonds is 2. The lowest BCUT2D eigenvalue weighted by molar-refractivity contribution is 0.748. The van der Waals surface area contributed by atoms with Gasteiger partial charge in [-0.1, -0.05) is 0 Å². The third-order valence-corrected chi connectivity index (χ3v) is 0.414. The van der Waals surface area contributed by atoms with Gasteiger partial charge in [-0.05, 0) is 0 Å². The molecule has 0 unspecified atom stereocenters. The molecule has 0 atom stereocenters. The largest absolute Gasteiger partial charge is 0.271 e. The van der Waals surface area contributed by atoms with Crippen LogP contribution in [0.5, 0.6) is 0 Å². The Balaban J connectivity index is 2.54. The molecule has 0 aliphatic rings. The molecule has 34 valence electrons. The van der Waals surface area contributed by atoms with Crippen LogP contribution in [0.2, 0.25) is 0 Å². The molecule has 0 aromatic heterocycles. The van der Waals surface area contributed by atoms with Crippen molar-refractivity contribution in [2.45, 2.75) is 6.42 Å². The second-order valence-electron chi connectivity index (χ2n) is 0.908. The fraction of sp³-hybridized carbons (Fsp3) is 0.500. The summed E-state index contributed by atoms with van der Waals surface area (Å²) in [6, 6.07) is 0. The predicted molar refractivity (Wildman–Crippen MR) is 25.6 cm³/mol. The molecular weight excluding hydrogens is 76.1 g/mol. The Morgan fingerprint density at radius 2 is 2.50 bits per heavy atom. The summed E-state index contributed by atoms with van der Waals surface area (Å²) in [5.41, 5.74) is 2.43. The molecule has 0 spiro atoms. The standard InChI is InChI=1S/C4H8N2/c1-2-3-4-6-5/h1,6H,3-5H2. The van der Waals surface area contributed by atoms with Gasteiger partial charge in [-0.25, -0.2) is 0 Å². The van der Waals surface area contributed by atoms with Crippen LogP contribution in [0.4, 0.5) is 0 Å². The molecule has 2 heteroatoms. The first-order valence-corrected chi connectivity index (χ1v) is 1.78. The molecule has 0 rings (SSSR count). The molecule has 0 saturated carbocycles. The van der Waals surface area contributed by atoms with Gasteiger partial charge in [0, 0.05) is 13.0 Å². The second-order valence-corrected chi connectivity index (χ2v) is 0.908. The van der Waals surface area contributed by atoms with Gasteiger partial charge in [-0.2, -0.15) is 0 Å². The van der Waals surface area contributed by atoms with Gasteiger partial charge in [0.1, 0.15) is 0 Å². The van der Waals surface area contributed by atoms with E-state index in [0.717, 1.165) is 0 Å². The predicted octanol–water partition coefficient (Wildman–Crippen LogP) is -0.527. The normalized spacial score (nSPS) is 7.33. The second kappa shape index (κ2) is 4.48. The Morgan fingerprint density at radius 3 is 2.67 bits per heavy atom. The van der Waals surface area contributed by atoms with Crippen molar-refractivity contribution in [2.75, 3.05) is 6.54 Å². The van der Waals surface area contributed by atoms with Crippen molar-refractivity contribution in [2.24, 2.45) is 5.84 Å². The monoisotopic (exact) mass is 84.1 g/mol. The maximum atomic E-state index is 4.87. The Hall–Kier alpha value is -0.520. The number of terminal acetylenes is 1. The Morgan fingerprint density at radius 1 is 1.83 bits per heavy atom. The van der Waals surface area contributed by atoms with E-state index in [0.29, 0.717) is 13.0 Å². The fourth-order valence-electron chi connectivity index (χ4n) is 0.144. The first-order chi connectivity index (χ1) is 2.91. The minimum Gasteiger partial charge on any atom is -0.271 e. The number of hydrogen-bond acceptors (Lipinski definition) is 2. The van der Waals surface area contributed by atoms with E-state index in [1.165, 1.54) is 0 Å².